The summed E-state index contributed by atoms with van der Waals surface area (Å²) in [6.07, 6.45) is 2.42. The second kappa shape index (κ2) is 9.91. The van der Waals surface area contributed by atoms with E-state index >= 15 is 0 Å². The van der Waals surface area contributed by atoms with Gasteiger partial charge in [0.15, 0.2) is 0 Å². The highest BCUT2D eigenvalue weighted by Gasteiger charge is 2.05. The van der Waals surface area contributed by atoms with Gasteiger partial charge in [-0.05, 0) is 59.7 Å². The number of amides is 1. The number of carbonyl (C=O) groups excluding carboxylic acids is 1. The molecule has 0 aliphatic heterocycles. The first-order valence-corrected chi connectivity index (χ1v) is 10.3. The molecule has 0 radical (unpaired) electrons. The van der Waals surface area contributed by atoms with E-state index in [9.17, 15) is 4.79 Å². The summed E-state index contributed by atoms with van der Waals surface area (Å²) in [6, 6.07) is 22.8. The highest BCUT2D eigenvalue weighted by Crippen LogP contribution is 2.15. The van der Waals surface area contributed by atoms with Gasteiger partial charge in [0.2, 0.25) is 5.91 Å². The van der Waals surface area contributed by atoms with E-state index < -0.39 is 0 Å². The predicted molar refractivity (Wildman–Crippen MR) is 122 cm³/mol. The highest BCUT2D eigenvalue weighted by molar-refractivity contribution is 6.30. The van der Waals surface area contributed by atoms with Crippen LogP contribution in [-0.4, -0.2) is 22.1 Å². The molecule has 0 aliphatic carbocycles. The number of imidazole rings is 1. The second-order valence-electron chi connectivity index (χ2n) is 6.98. The molecule has 0 saturated carbocycles. The Hall–Kier alpha value is -3.64. The number of para-hydroxylation sites is 2. The number of aromatic nitrogens is 2. The second-order valence-corrected chi connectivity index (χ2v) is 7.41. The number of carbonyl (C=O) groups is 1. The van der Waals surface area contributed by atoms with E-state index in [1.165, 1.54) is 0 Å². The molecule has 0 saturated heterocycles. The SMILES string of the molecule is O=C(CCc1nc2ccccc2[nH]1)N/N=C\c1ccc(OCc2ccc(Cl)cc2)cc1. The van der Waals surface area contributed by atoms with Gasteiger partial charge in [-0.2, -0.15) is 5.10 Å². The quantitative estimate of drug-likeness (QED) is 0.307. The van der Waals surface area contributed by atoms with Crippen molar-refractivity contribution < 1.29 is 9.53 Å². The Labute approximate surface area is 184 Å². The Morgan fingerprint density at radius 1 is 1.06 bits per heavy atom. The largest absolute Gasteiger partial charge is 0.489 e. The number of hydrogen-bond donors (Lipinski definition) is 2. The zero-order valence-corrected chi connectivity index (χ0v) is 17.5. The molecule has 0 atom stereocenters. The molecule has 4 rings (SSSR count). The van der Waals surface area contributed by atoms with Crippen molar-refractivity contribution in [2.24, 2.45) is 5.10 Å². The van der Waals surface area contributed by atoms with Crippen molar-refractivity contribution in [2.75, 3.05) is 0 Å². The van der Waals surface area contributed by atoms with Crippen LogP contribution in [0.15, 0.2) is 77.9 Å². The molecular formula is C24H21ClN4O2. The molecule has 0 unspecified atom stereocenters. The molecule has 2 N–H and O–H groups in total. The number of benzene rings is 3. The first kappa shape index (κ1) is 20.6. The van der Waals surface area contributed by atoms with E-state index in [1.807, 2.05) is 72.8 Å². The number of halogens is 1. The van der Waals surface area contributed by atoms with Crippen molar-refractivity contribution in [1.29, 1.82) is 0 Å². The molecule has 0 spiro atoms. The van der Waals surface area contributed by atoms with E-state index in [2.05, 4.69) is 20.5 Å². The zero-order valence-electron chi connectivity index (χ0n) is 16.7. The third-order valence-electron chi connectivity index (χ3n) is 4.63. The minimum absolute atomic E-state index is 0.167. The van der Waals surface area contributed by atoms with Crippen molar-refractivity contribution in [3.8, 4) is 5.75 Å². The number of hydrogen-bond acceptors (Lipinski definition) is 4. The third kappa shape index (κ3) is 5.93. The maximum absolute atomic E-state index is 12.0. The summed E-state index contributed by atoms with van der Waals surface area (Å²) < 4.78 is 5.76. The number of H-pyrrole nitrogens is 1. The average molecular weight is 433 g/mol. The maximum Gasteiger partial charge on any atom is 0.240 e. The van der Waals surface area contributed by atoms with Crippen LogP contribution in [-0.2, 0) is 17.8 Å². The molecule has 4 aromatic rings. The van der Waals surface area contributed by atoms with Gasteiger partial charge in [-0.25, -0.2) is 10.4 Å². The summed E-state index contributed by atoms with van der Waals surface area (Å²) in [5.74, 6) is 1.37. The summed E-state index contributed by atoms with van der Waals surface area (Å²) in [5, 5.41) is 4.72. The molecule has 1 heterocycles. The van der Waals surface area contributed by atoms with E-state index in [0.29, 0.717) is 24.5 Å². The molecule has 7 heteroatoms. The van der Waals surface area contributed by atoms with Crippen LogP contribution in [0, 0.1) is 0 Å². The van der Waals surface area contributed by atoms with Gasteiger partial charge in [0.05, 0.1) is 17.2 Å². The van der Waals surface area contributed by atoms with Crippen molar-refractivity contribution in [3.05, 3.63) is 94.8 Å². The lowest BCUT2D eigenvalue weighted by Crippen LogP contribution is -2.18. The number of ether oxygens (including phenoxy) is 1. The molecule has 1 aromatic heterocycles. The number of nitrogens with zero attached hydrogens (tertiary/aromatic N) is 2. The number of rotatable bonds is 8. The highest BCUT2D eigenvalue weighted by atomic mass is 35.5. The number of aromatic amines is 1. The predicted octanol–water partition coefficient (Wildman–Crippen LogP) is 4.88. The topological polar surface area (TPSA) is 79.4 Å². The van der Waals surface area contributed by atoms with Gasteiger partial charge >= 0.3 is 0 Å². The van der Waals surface area contributed by atoms with E-state index in [4.69, 9.17) is 16.3 Å². The van der Waals surface area contributed by atoms with Gasteiger partial charge in [0.25, 0.3) is 0 Å². The van der Waals surface area contributed by atoms with Crippen LogP contribution in [0.5, 0.6) is 5.75 Å². The lowest BCUT2D eigenvalue weighted by molar-refractivity contribution is -0.121. The molecule has 3 aromatic carbocycles. The van der Waals surface area contributed by atoms with Gasteiger partial charge < -0.3 is 9.72 Å². The normalized spacial score (nSPS) is 11.1. The fourth-order valence-electron chi connectivity index (χ4n) is 2.99. The minimum atomic E-state index is -0.167. The van der Waals surface area contributed by atoms with Gasteiger partial charge in [-0.1, -0.05) is 35.9 Å². The summed E-state index contributed by atoms with van der Waals surface area (Å²) in [5.41, 5.74) is 6.32. The Kier molecular flexibility index (Phi) is 6.59. The van der Waals surface area contributed by atoms with Crippen LogP contribution < -0.4 is 10.2 Å². The zero-order chi connectivity index (χ0) is 21.5. The van der Waals surface area contributed by atoms with E-state index in [0.717, 1.165) is 33.7 Å². The van der Waals surface area contributed by atoms with Crippen LogP contribution in [0.3, 0.4) is 0 Å². The summed E-state index contributed by atoms with van der Waals surface area (Å²) in [6.45, 7) is 0.464. The minimum Gasteiger partial charge on any atom is -0.489 e. The first-order chi connectivity index (χ1) is 15.2. The van der Waals surface area contributed by atoms with Crippen molar-refractivity contribution >= 4 is 34.8 Å². The molecule has 1 amide bonds. The smallest absolute Gasteiger partial charge is 0.240 e. The number of fused-ring (bicyclic) bond motifs is 1. The Morgan fingerprint density at radius 3 is 2.61 bits per heavy atom. The molecular weight excluding hydrogens is 412 g/mol. The van der Waals surface area contributed by atoms with Crippen LogP contribution in [0.1, 0.15) is 23.4 Å². The van der Waals surface area contributed by atoms with Crippen molar-refractivity contribution in [1.82, 2.24) is 15.4 Å². The van der Waals surface area contributed by atoms with Crippen LogP contribution in [0.4, 0.5) is 0 Å². The van der Waals surface area contributed by atoms with Crippen molar-refractivity contribution in [3.63, 3.8) is 0 Å². The Bertz CT molecular complexity index is 1150. The van der Waals surface area contributed by atoms with E-state index in [1.54, 1.807) is 6.21 Å². The summed E-state index contributed by atoms with van der Waals surface area (Å²) in [7, 11) is 0. The summed E-state index contributed by atoms with van der Waals surface area (Å²) in [4.78, 5) is 19.7. The number of hydrazone groups is 1. The molecule has 156 valence electrons. The maximum atomic E-state index is 12.0. The monoisotopic (exact) mass is 432 g/mol. The third-order valence-corrected chi connectivity index (χ3v) is 4.88. The fraction of sp³-hybridized carbons (Fsp3) is 0.125. The fourth-order valence-corrected chi connectivity index (χ4v) is 3.11. The molecule has 6 nitrogen and oxygen atoms in total. The van der Waals surface area contributed by atoms with Gasteiger partial charge in [-0.15, -0.1) is 0 Å². The Morgan fingerprint density at radius 2 is 1.84 bits per heavy atom. The van der Waals surface area contributed by atoms with Gasteiger partial charge in [0, 0.05) is 17.9 Å². The van der Waals surface area contributed by atoms with Crippen molar-refractivity contribution in [2.45, 2.75) is 19.4 Å². The molecule has 31 heavy (non-hydrogen) atoms. The molecule has 0 fully saturated rings. The van der Waals surface area contributed by atoms with Crippen LogP contribution >= 0.6 is 11.6 Å². The molecule has 0 bridgehead atoms. The van der Waals surface area contributed by atoms with Crippen LogP contribution in [0.2, 0.25) is 5.02 Å². The Balaban J connectivity index is 1.21. The lowest BCUT2D eigenvalue weighted by atomic mass is 10.2. The average Bonchev–Trinajstić information content (AvgIpc) is 3.21. The van der Waals surface area contributed by atoms with Gasteiger partial charge in [0.1, 0.15) is 18.2 Å². The van der Waals surface area contributed by atoms with Gasteiger partial charge in [-0.3, -0.25) is 4.79 Å². The summed E-state index contributed by atoms with van der Waals surface area (Å²) >= 11 is 5.88. The standard InChI is InChI=1S/C24H21ClN4O2/c25-19-9-5-18(6-10-19)16-31-20-11-7-17(8-12-20)15-26-29-24(30)14-13-23-27-21-3-1-2-4-22(21)28-23/h1-12,15H,13-14,16H2,(H,27,28)(H,29,30)/b26-15-. The first-order valence-electron chi connectivity index (χ1n) is 9.88. The van der Waals surface area contributed by atoms with E-state index in [-0.39, 0.29) is 5.91 Å². The number of aryl methyl sites for hydroxylation is 1. The van der Waals surface area contributed by atoms with Crippen LogP contribution in [0.25, 0.3) is 11.0 Å². The number of nitrogens with one attached hydrogen (secondary N) is 2. The molecule has 0 aliphatic rings. The lowest BCUT2D eigenvalue weighted by Gasteiger charge is -2.06.